The van der Waals surface area contributed by atoms with E-state index < -0.39 is 22.1 Å². The van der Waals surface area contributed by atoms with Crippen molar-refractivity contribution in [3.8, 4) is 0 Å². The molecule has 2 aliphatic rings. The third-order valence-corrected chi connectivity index (χ3v) is 7.68. The van der Waals surface area contributed by atoms with Gasteiger partial charge in [0.25, 0.3) is 0 Å². The maximum Gasteiger partial charge on any atom is 0.245 e. The standard InChI is InChI=1S/C21H25ClN4O4S/c1-14(20(27)25-8-3-2-4-9-25)26-10-7-18(21(26)28)24-31(29,30)17-6-5-15-12-19(22)23-13-16(15)11-17/h5-6,11-14,18,24H,2-4,7-10H2,1H3/t14-,18-/m0/s1. The van der Waals surface area contributed by atoms with E-state index in [4.69, 9.17) is 11.6 Å². The number of nitrogens with zero attached hydrogens (tertiary/aromatic N) is 3. The maximum absolute atomic E-state index is 12.9. The molecule has 1 aromatic carbocycles. The minimum Gasteiger partial charge on any atom is -0.341 e. The Hall–Kier alpha value is -2.23. The number of hydrogen-bond acceptors (Lipinski definition) is 5. The van der Waals surface area contributed by atoms with Gasteiger partial charge in [-0.05, 0) is 56.2 Å². The number of amides is 2. The Labute approximate surface area is 186 Å². The van der Waals surface area contributed by atoms with Gasteiger partial charge in [0.05, 0.1) is 4.90 Å². The zero-order valence-electron chi connectivity index (χ0n) is 17.3. The molecular weight excluding hydrogens is 440 g/mol. The number of halogens is 1. The van der Waals surface area contributed by atoms with Crippen LogP contribution in [0.5, 0.6) is 0 Å². The number of sulfonamides is 1. The number of piperidine rings is 1. The number of pyridine rings is 1. The molecule has 2 saturated heterocycles. The van der Waals surface area contributed by atoms with Gasteiger partial charge in [-0.2, -0.15) is 4.72 Å². The molecule has 0 bridgehead atoms. The number of likely N-dealkylation sites (tertiary alicyclic amines) is 2. The Balaban J connectivity index is 1.46. The summed E-state index contributed by atoms with van der Waals surface area (Å²) in [6, 6.07) is 4.79. The smallest absolute Gasteiger partial charge is 0.245 e. The summed E-state index contributed by atoms with van der Waals surface area (Å²) in [5.74, 6) is -0.437. The third kappa shape index (κ3) is 4.53. The van der Waals surface area contributed by atoms with Crippen LogP contribution in [0.15, 0.2) is 35.4 Å². The zero-order valence-corrected chi connectivity index (χ0v) is 18.8. The average molecular weight is 465 g/mol. The van der Waals surface area contributed by atoms with Crippen LogP contribution < -0.4 is 4.72 Å². The van der Waals surface area contributed by atoms with Gasteiger partial charge in [0.1, 0.15) is 17.2 Å². The van der Waals surface area contributed by atoms with Crippen molar-refractivity contribution in [3.05, 3.63) is 35.6 Å². The molecule has 166 valence electrons. The lowest BCUT2D eigenvalue weighted by molar-refractivity contribution is -0.143. The maximum atomic E-state index is 12.9. The van der Waals surface area contributed by atoms with E-state index in [9.17, 15) is 18.0 Å². The van der Waals surface area contributed by atoms with Gasteiger partial charge in [-0.25, -0.2) is 13.4 Å². The van der Waals surface area contributed by atoms with Crippen LogP contribution in [0.25, 0.3) is 10.8 Å². The van der Waals surface area contributed by atoms with Crippen molar-refractivity contribution in [2.24, 2.45) is 0 Å². The van der Waals surface area contributed by atoms with E-state index >= 15 is 0 Å². The van der Waals surface area contributed by atoms with Gasteiger partial charge in [-0.3, -0.25) is 9.59 Å². The molecule has 0 aliphatic carbocycles. The minimum atomic E-state index is -3.92. The molecule has 2 aliphatic heterocycles. The first-order chi connectivity index (χ1) is 14.8. The molecule has 2 fully saturated rings. The molecule has 1 aromatic heterocycles. The molecular formula is C21H25ClN4O4S. The number of benzene rings is 1. The molecule has 0 saturated carbocycles. The molecule has 4 rings (SSSR count). The molecule has 10 heteroatoms. The van der Waals surface area contributed by atoms with E-state index in [1.807, 2.05) is 0 Å². The van der Waals surface area contributed by atoms with Crippen LogP contribution in [-0.4, -0.2) is 66.7 Å². The highest BCUT2D eigenvalue weighted by molar-refractivity contribution is 7.89. The largest absolute Gasteiger partial charge is 0.341 e. The molecule has 0 radical (unpaired) electrons. The van der Waals surface area contributed by atoms with E-state index in [2.05, 4.69) is 9.71 Å². The summed E-state index contributed by atoms with van der Waals surface area (Å²) in [5.41, 5.74) is 0. The summed E-state index contributed by atoms with van der Waals surface area (Å²) in [5, 5.41) is 1.73. The van der Waals surface area contributed by atoms with Gasteiger partial charge in [0, 0.05) is 31.2 Å². The van der Waals surface area contributed by atoms with Crippen LogP contribution in [0.2, 0.25) is 5.15 Å². The number of rotatable bonds is 5. The summed E-state index contributed by atoms with van der Waals surface area (Å²) in [7, 11) is -3.92. The van der Waals surface area contributed by atoms with E-state index in [1.54, 1.807) is 24.0 Å². The third-order valence-electron chi connectivity index (χ3n) is 6.00. The average Bonchev–Trinajstić information content (AvgIpc) is 3.12. The van der Waals surface area contributed by atoms with Gasteiger partial charge in [-0.15, -0.1) is 0 Å². The van der Waals surface area contributed by atoms with Crippen molar-refractivity contribution in [2.45, 2.75) is 49.6 Å². The van der Waals surface area contributed by atoms with E-state index in [0.29, 0.717) is 36.6 Å². The molecule has 0 spiro atoms. The minimum absolute atomic E-state index is 0.0489. The molecule has 31 heavy (non-hydrogen) atoms. The topological polar surface area (TPSA) is 99.7 Å². The Bertz CT molecular complexity index is 1120. The highest BCUT2D eigenvalue weighted by atomic mass is 35.5. The van der Waals surface area contributed by atoms with Gasteiger partial charge < -0.3 is 9.80 Å². The molecule has 8 nitrogen and oxygen atoms in total. The summed E-state index contributed by atoms with van der Waals surface area (Å²) in [6.07, 6.45) is 4.89. The first kappa shape index (κ1) is 22.0. The van der Waals surface area contributed by atoms with Crippen LogP contribution in [-0.2, 0) is 19.6 Å². The molecule has 0 unspecified atom stereocenters. The Morgan fingerprint density at radius 2 is 1.90 bits per heavy atom. The fourth-order valence-electron chi connectivity index (χ4n) is 4.22. The van der Waals surface area contributed by atoms with Crippen LogP contribution in [0.1, 0.15) is 32.6 Å². The quantitative estimate of drug-likeness (QED) is 0.683. The number of carbonyl (C=O) groups is 2. The fraction of sp³-hybridized carbons (Fsp3) is 0.476. The number of hydrogen-bond donors (Lipinski definition) is 1. The van der Waals surface area contributed by atoms with Crippen molar-refractivity contribution in [1.82, 2.24) is 19.5 Å². The lowest BCUT2D eigenvalue weighted by Gasteiger charge is -2.32. The predicted molar refractivity (Wildman–Crippen MR) is 117 cm³/mol. The monoisotopic (exact) mass is 464 g/mol. The van der Waals surface area contributed by atoms with Crippen molar-refractivity contribution < 1.29 is 18.0 Å². The van der Waals surface area contributed by atoms with Gasteiger partial charge >= 0.3 is 0 Å². The SMILES string of the molecule is C[C@@H](C(=O)N1CCCCC1)N1CC[C@H](NS(=O)(=O)c2ccc3cc(Cl)ncc3c2)C1=O. The summed E-state index contributed by atoms with van der Waals surface area (Å²) in [6.45, 7) is 3.48. The highest BCUT2D eigenvalue weighted by Gasteiger charge is 2.40. The number of carbonyl (C=O) groups excluding carboxylic acids is 2. The zero-order chi connectivity index (χ0) is 22.2. The summed E-state index contributed by atoms with van der Waals surface area (Å²) < 4.78 is 28.3. The number of fused-ring (bicyclic) bond motifs is 1. The second-order valence-corrected chi connectivity index (χ2v) is 10.2. The van der Waals surface area contributed by atoms with Crippen LogP contribution in [0.3, 0.4) is 0 Å². The van der Waals surface area contributed by atoms with E-state index in [-0.39, 0.29) is 16.7 Å². The number of nitrogens with one attached hydrogen (secondary N) is 1. The van der Waals surface area contributed by atoms with Crippen molar-refractivity contribution in [1.29, 1.82) is 0 Å². The molecule has 3 heterocycles. The van der Waals surface area contributed by atoms with Gasteiger partial charge in [0.15, 0.2) is 0 Å². The normalized spacial score (nSPS) is 21.0. The second-order valence-electron chi connectivity index (χ2n) is 8.07. The van der Waals surface area contributed by atoms with Gasteiger partial charge in [-0.1, -0.05) is 17.7 Å². The second kappa shape index (κ2) is 8.72. The molecule has 2 atom stereocenters. The van der Waals surface area contributed by atoms with E-state index in [1.165, 1.54) is 23.2 Å². The van der Waals surface area contributed by atoms with Crippen LogP contribution in [0, 0.1) is 0 Å². The van der Waals surface area contributed by atoms with Gasteiger partial charge in [0.2, 0.25) is 21.8 Å². The van der Waals surface area contributed by atoms with Crippen LogP contribution in [0.4, 0.5) is 0 Å². The molecule has 2 aromatic rings. The highest BCUT2D eigenvalue weighted by Crippen LogP contribution is 2.23. The molecule has 1 N–H and O–H groups in total. The predicted octanol–water partition coefficient (Wildman–Crippen LogP) is 2.17. The summed E-state index contributed by atoms with van der Waals surface area (Å²) in [4.78, 5) is 33.0. The Kier molecular flexibility index (Phi) is 6.18. The Morgan fingerprint density at radius 3 is 2.65 bits per heavy atom. The fourth-order valence-corrected chi connectivity index (χ4v) is 5.65. The van der Waals surface area contributed by atoms with Crippen LogP contribution >= 0.6 is 11.6 Å². The molecule has 2 amide bonds. The first-order valence-electron chi connectivity index (χ1n) is 10.4. The lowest BCUT2D eigenvalue weighted by atomic mass is 10.1. The number of aromatic nitrogens is 1. The van der Waals surface area contributed by atoms with E-state index in [0.717, 1.165) is 24.6 Å². The lowest BCUT2D eigenvalue weighted by Crippen LogP contribution is -2.51. The van der Waals surface area contributed by atoms with Crippen molar-refractivity contribution in [3.63, 3.8) is 0 Å². The Morgan fingerprint density at radius 1 is 1.16 bits per heavy atom. The van der Waals surface area contributed by atoms with Crippen molar-refractivity contribution in [2.75, 3.05) is 19.6 Å². The van der Waals surface area contributed by atoms with Crippen molar-refractivity contribution >= 4 is 44.2 Å². The summed E-state index contributed by atoms with van der Waals surface area (Å²) >= 11 is 5.88. The first-order valence-corrected chi connectivity index (χ1v) is 12.3.